The Morgan fingerprint density at radius 2 is 1.43 bits per heavy atom. The molecule has 0 saturated carbocycles. The van der Waals surface area contributed by atoms with Crippen molar-refractivity contribution in [3.05, 3.63) is 40.6 Å². The normalized spacial score (nSPS) is 10.6. The van der Waals surface area contributed by atoms with Gasteiger partial charge in [-0.05, 0) is 18.2 Å². The maximum atomic E-state index is 12.1. The van der Waals surface area contributed by atoms with E-state index in [1.165, 1.54) is 6.07 Å². The molecule has 0 aliphatic heterocycles. The van der Waals surface area contributed by atoms with Gasteiger partial charge in [0.1, 0.15) is 22.5 Å². The first-order valence-electron chi connectivity index (χ1n) is 6.82. The van der Waals surface area contributed by atoms with Gasteiger partial charge in [-0.2, -0.15) is 8.42 Å². The summed E-state index contributed by atoms with van der Waals surface area (Å²) in [5.74, 6) is -2.71. The van der Waals surface area contributed by atoms with Gasteiger partial charge in [-0.25, -0.2) is 0 Å². The summed E-state index contributed by atoms with van der Waals surface area (Å²) in [6, 6.07) is 5.64. The molecule has 3 rings (SSSR count). The number of hydrogen-bond donors (Lipinski definition) is 7. The molecule has 146 valence electrons. The van der Waals surface area contributed by atoms with E-state index in [0.29, 0.717) is 0 Å². The number of fused-ring (bicyclic) bond motifs is 1. The fourth-order valence-electron chi connectivity index (χ4n) is 2.14. The summed E-state index contributed by atoms with van der Waals surface area (Å²) in [7, 11) is -4.67. The van der Waals surface area contributed by atoms with Crippen LogP contribution in [0.25, 0.3) is 22.3 Å². The third kappa shape index (κ3) is 5.82. The van der Waals surface area contributed by atoms with E-state index < -0.39 is 33.1 Å². The molecule has 1 heterocycles. The SMILES string of the molecule is O=S(=O)(O)O.O=c1c(O)c(-c2ccc(O)c(O)c2)oc2cc(O)cc(O)c12.[H-].[K+]. The van der Waals surface area contributed by atoms with Gasteiger partial charge in [-0.1, -0.05) is 0 Å². The van der Waals surface area contributed by atoms with Crippen molar-refractivity contribution in [1.29, 1.82) is 0 Å². The van der Waals surface area contributed by atoms with Crippen molar-refractivity contribution in [2.24, 2.45) is 0 Å². The second-order valence-corrected chi connectivity index (χ2v) is 5.99. The van der Waals surface area contributed by atoms with Crippen molar-refractivity contribution in [1.82, 2.24) is 0 Å². The van der Waals surface area contributed by atoms with E-state index in [2.05, 4.69) is 0 Å². The molecule has 13 heteroatoms. The van der Waals surface area contributed by atoms with Crippen LogP contribution in [0.2, 0.25) is 0 Å². The predicted molar refractivity (Wildman–Crippen MR) is 91.5 cm³/mol. The van der Waals surface area contributed by atoms with Gasteiger partial charge in [-0.15, -0.1) is 0 Å². The van der Waals surface area contributed by atoms with Crippen molar-refractivity contribution in [2.45, 2.75) is 0 Å². The molecular weight excluding hydrogens is 427 g/mol. The number of benzene rings is 2. The topological polar surface area (TPSA) is 206 Å². The summed E-state index contributed by atoms with van der Waals surface area (Å²) in [4.78, 5) is 12.1. The zero-order valence-electron chi connectivity index (χ0n) is 15.1. The van der Waals surface area contributed by atoms with Crippen LogP contribution in [-0.4, -0.2) is 43.1 Å². The number of phenolic OH excluding ortho intramolecular Hbond substituents is 4. The summed E-state index contributed by atoms with van der Waals surface area (Å²) >= 11 is 0. The first kappa shape index (κ1) is 24.2. The molecule has 0 radical (unpaired) electrons. The van der Waals surface area contributed by atoms with Gasteiger partial charge < -0.3 is 31.4 Å². The maximum Gasteiger partial charge on any atom is 1.00 e. The molecule has 0 saturated heterocycles. The van der Waals surface area contributed by atoms with Crippen molar-refractivity contribution in [3.63, 3.8) is 0 Å². The predicted octanol–water partition coefficient (Wildman–Crippen LogP) is -1.55. The van der Waals surface area contributed by atoms with E-state index >= 15 is 0 Å². The van der Waals surface area contributed by atoms with Gasteiger partial charge in [0.25, 0.3) is 0 Å². The summed E-state index contributed by atoms with van der Waals surface area (Å²) < 4.78 is 36.9. The molecule has 1 aromatic heterocycles. The van der Waals surface area contributed by atoms with Gasteiger partial charge in [0.15, 0.2) is 17.3 Å². The summed E-state index contributed by atoms with van der Waals surface area (Å²) in [6.07, 6.45) is 0. The van der Waals surface area contributed by atoms with Crippen molar-refractivity contribution in [2.75, 3.05) is 0 Å². The van der Waals surface area contributed by atoms with Crippen LogP contribution in [0.3, 0.4) is 0 Å². The van der Waals surface area contributed by atoms with E-state index in [0.717, 1.165) is 24.3 Å². The summed E-state index contributed by atoms with van der Waals surface area (Å²) in [5.41, 5.74) is -0.890. The Morgan fingerprint density at radius 1 is 0.857 bits per heavy atom. The van der Waals surface area contributed by atoms with E-state index in [1.807, 2.05) is 0 Å². The first-order valence-corrected chi connectivity index (χ1v) is 8.22. The number of phenols is 4. The van der Waals surface area contributed by atoms with Crippen molar-refractivity contribution < 1.29 is 100 Å². The molecule has 0 bridgehead atoms. The van der Waals surface area contributed by atoms with Crippen LogP contribution in [0, 0.1) is 0 Å². The Kier molecular flexibility index (Phi) is 7.87. The standard InChI is InChI=1S/C15H10O7.K.H2O4S.H/c16-7-4-10(19)12-11(5-7)22-15(14(21)13(12)20)6-1-2-8(17)9(18)3-6;;1-5(2,3)4;/h1-5,16-19,21H;;(H2,1,2,3,4);/q;+1;;-1. The van der Waals surface area contributed by atoms with Crippen molar-refractivity contribution >= 4 is 21.4 Å². The van der Waals surface area contributed by atoms with Crippen molar-refractivity contribution in [3.8, 4) is 40.1 Å². The third-order valence-electron chi connectivity index (χ3n) is 3.17. The van der Waals surface area contributed by atoms with Crippen LogP contribution in [0.15, 0.2) is 39.5 Å². The Bertz CT molecular complexity index is 1180. The monoisotopic (exact) mass is 440 g/mol. The molecular formula is C15H13KO11S. The fourth-order valence-corrected chi connectivity index (χ4v) is 2.14. The Morgan fingerprint density at radius 3 is 1.96 bits per heavy atom. The zero-order valence-corrected chi connectivity index (χ0v) is 18.0. The third-order valence-corrected chi connectivity index (χ3v) is 3.17. The molecule has 3 aromatic rings. The minimum atomic E-state index is -4.67. The molecule has 2 aromatic carbocycles. The van der Waals surface area contributed by atoms with Crippen LogP contribution in [0.1, 0.15) is 1.43 Å². The molecule has 0 atom stereocenters. The molecule has 7 N–H and O–H groups in total. The summed E-state index contributed by atoms with van der Waals surface area (Å²) in [6.45, 7) is 0. The van der Waals surface area contributed by atoms with Gasteiger partial charge in [0.05, 0.1) is 0 Å². The zero-order chi connectivity index (χ0) is 20.5. The molecule has 0 aliphatic carbocycles. The Balaban J connectivity index is 0.00000101. The van der Waals surface area contributed by atoms with Gasteiger partial charge in [0, 0.05) is 17.7 Å². The van der Waals surface area contributed by atoms with Gasteiger partial charge in [-0.3, -0.25) is 13.9 Å². The molecule has 11 nitrogen and oxygen atoms in total. The average molecular weight is 440 g/mol. The van der Waals surface area contributed by atoms with Gasteiger partial charge >= 0.3 is 61.8 Å². The number of rotatable bonds is 1. The minimum absolute atomic E-state index is 0. The first-order chi connectivity index (χ1) is 12.4. The molecule has 0 aliphatic rings. The average Bonchev–Trinajstić information content (AvgIpc) is 2.51. The smallest absolute Gasteiger partial charge is 1.00 e. The molecule has 0 fully saturated rings. The van der Waals surface area contributed by atoms with Crippen LogP contribution >= 0.6 is 0 Å². The second-order valence-electron chi connectivity index (χ2n) is 5.10. The largest absolute Gasteiger partial charge is 1.00 e. The second kappa shape index (κ2) is 9.10. The number of aromatic hydroxyl groups is 5. The van der Waals surface area contributed by atoms with Crippen LogP contribution in [0.4, 0.5) is 0 Å². The van der Waals surface area contributed by atoms with E-state index in [-0.39, 0.29) is 86.6 Å². The summed E-state index contributed by atoms with van der Waals surface area (Å²) in [5, 5.41) is 47.6. The van der Waals surface area contributed by atoms with E-state index in [9.17, 15) is 30.3 Å². The number of hydrogen-bond acceptors (Lipinski definition) is 9. The maximum absolute atomic E-state index is 12.1. The fraction of sp³-hybridized carbons (Fsp3) is 0. The van der Waals surface area contributed by atoms with Crippen LogP contribution < -0.4 is 56.8 Å². The van der Waals surface area contributed by atoms with Crippen LogP contribution in [-0.2, 0) is 10.4 Å². The minimum Gasteiger partial charge on any atom is -1.00 e. The molecule has 0 spiro atoms. The Hall–Kier alpha value is -1.84. The Labute approximate surface area is 200 Å². The molecule has 0 amide bonds. The van der Waals surface area contributed by atoms with Gasteiger partial charge in [0.2, 0.25) is 11.2 Å². The quantitative estimate of drug-likeness (QED) is 0.131. The van der Waals surface area contributed by atoms with E-state index in [4.69, 9.17) is 21.9 Å². The molecule has 0 unspecified atom stereocenters. The molecule has 28 heavy (non-hydrogen) atoms. The van der Waals surface area contributed by atoms with E-state index in [1.54, 1.807) is 0 Å². The van der Waals surface area contributed by atoms with Crippen LogP contribution in [0.5, 0.6) is 28.7 Å².